The zero-order valence-electron chi connectivity index (χ0n) is 10.9. The molecule has 0 radical (unpaired) electrons. The number of aliphatic carboxylic acids is 1. The van der Waals surface area contributed by atoms with Gasteiger partial charge < -0.3 is 15.7 Å². The van der Waals surface area contributed by atoms with E-state index in [9.17, 15) is 4.79 Å². The van der Waals surface area contributed by atoms with Crippen LogP contribution in [-0.2, 0) is 11.2 Å². The van der Waals surface area contributed by atoms with Gasteiger partial charge in [-0.15, -0.1) is 0 Å². The van der Waals surface area contributed by atoms with Crippen molar-refractivity contribution in [3.63, 3.8) is 0 Å². The van der Waals surface area contributed by atoms with Gasteiger partial charge in [-0.05, 0) is 24.1 Å². The monoisotopic (exact) mass is 280 g/mol. The molecule has 0 amide bonds. The molecule has 1 heterocycles. The van der Waals surface area contributed by atoms with Gasteiger partial charge in [-0.2, -0.15) is 11.8 Å². The van der Waals surface area contributed by atoms with Crippen LogP contribution in [0, 0.1) is 0 Å². The van der Waals surface area contributed by atoms with Crippen molar-refractivity contribution < 1.29 is 9.90 Å². The van der Waals surface area contributed by atoms with Crippen LogP contribution in [0.5, 0.6) is 0 Å². The Morgan fingerprint density at radius 2 is 1.95 bits per heavy atom. The summed E-state index contributed by atoms with van der Waals surface area (Å²) < 4.78 is 0. The molecule has 0 saturated carbocycles. The summed E-state index contributed by atoms with van der Waals surface area (Å²) in [5.41, 5.74) is 8.14. The Labute approximate surface area is 118 Å². The summed E-state index contributed by atoms with van der Waals surface area (Å²) in [4.78, 5) is 13.0. The molecule has 0 unspecified atom stereocenters. The lowest BCUT2D eigenvalue weighted by atomic mass is 10.0. The average molecular weight is 280 g/mol. The summed E-state index contributed by atoms with van der Waals surface area (Å²) in [7, 11) is 0. The molecular weight excluding hydrogens is 260 g/mol. The third-order valence-corrected chi connectivity index (χ3v) is 4.19. The molecule has 1 aliphatic heterocycles. The Balaban J connectivity index is 1.92. The van der Waals surface area contributed by atoms with Gasteiger partial charge in [-0.1, -0.05) is 12.1 Å². The van der Waals surface area contributed by atoms with Crippen LogP contribution in [0.1, 0.15) is 12.0 Å². The van der Waals surface area contributed by atoms with Crippen LogP contribution in [-0.4, -0.2) is 41.7 Å². The highest BCUT2D eigenvalue weighted by Gasteiger charge is 2.12. The SMILES string of the molecule is N[C@@H](CC(=O)O)Cc1ccc(N2CCSCC2)cc1. The van der Waals surface area contributed by atoms with Crippen LogP contribution in [0.25, 0.3) is 0 Å². The molecule has 1 atom stereocenters. The van der Waals surface area contributed by atoms with Crippen LogP contribution in [0.15, 0.2) is 24.3 Å². The largest absolute Gasteiger partial charge is 0.481 e. The lowest BCUT2D eigenvalue weighted by molar-refractivity contribution is -0.137. The first-order valence-electron chi connectivity index (χ1n) is 6.54. The Morgan fingerprint density at radius 1 is 1.32 bits per heavy atom. The van der Waals surface area contributed by atoms with Crippen molar-refractivity contribution >= 4 is 23.4 Å². The summed E-state index contributed by atoms with van der Waals surface area (Å²) in [6.07, 6.45) is 0.632. The van der Waals surface area contributed by atoms with Crippen LogP contribution >= 0.6 is 11.8 Å². The van der Waals surface area contributed by atoms with Gasteiger partial charge >= 0.3 is 5.97 Å². The zero-order valence-corrected chi connectivity index (χ0v) is 11.7. The molecule has 3 N–H and O–H groups in total. The molecule has 19 heavy (non-hydrogen) atoms. The minimum Gasteiger partial charge on any atom is -0.481 e. The van der Waals surface area contributed by atoms with E-state index in [0.29, 0.717) is 6.42 Å². The first kappa shape index (κ1) is 14.2. The molecule has 1 aromatic carbocycles. The van der Waals surface area contributed by atoms with Gasteiger partial charge in [-0.3, -0.25) is 4.79 Å². The molecule has 0 spiro atoms. The first-order valence-corrected chi connectivity index (χ1v) is 7.69. The number of nitrogens with zero attached hydrogens (tertiary/aromatic N) is 1. The van der Waals surface area contributed by atoms with Gasteiger partial charge in [0.1, 0.15) is 0 Å². The number of thioether (sulfide) groups is 1. The second-order valence-corrected chi connectivity index (χ2v) is 6.05. The van der Waals surface area contributed by atoms with E-state index in [1.54, 1.807) is 0 Å². The number of carboxylic acids is 1. The zero-order chi connectivity index (χ0) is 13.7. The molecule has 2 rings (SSSR count). The van der Waals surface area contributed by atoms with Crippen molar-refractivity contribution in [1.82, 2.24) is 0 Å². The van der Waals surface area contributed by atoms with E-state index >= 15 is 0 Å². The van der Waals surface area contributed by atoms with Crippen molar-refractivity contribution in [3.05, 3.63) is 29.8 Å². The van der Waals surface area contributed by atoms with Crippen molar-refractivity contribution in [1.29, 1.82) is 0 Å². The maximum Gasteiger partial charge on any atom is 0.304 e. The highest BCUT2D eigenvalue weighted by Crippen LogP contribution is 2.20. The Hall–Kier alpha value is -1.20. The average Bonchev–Trinajstić information content (AvgIpc) is 2.39. The van der Waals surface area contributed by atoms with Gasteiger partial charge in [0.15, 0.2) is 0 Å². The molecule has 1 saturated heterocycles. The highest BCUT2D eigenvalue weighted by atomic mass is 32.2. The number of hydrogen-bond donors (Lipinski definition) is 2. The van der Waals surface area contributed by atoms with E-state index < -0.39 is 5.97 Å². The lowest BCUT2D eigenvalue weighted by Gasteiger charge is -2.28. The standard InChI is InChI=1S/C14H20N2O2S/c15-12(10-14(17)18)9-11-1-3-13(4-2-11)16-5-7-19-8-6-16/h1-4,12H,5-10,15H2,(H,17,18)/t12-/m1/s1. The third-order valence-electron chi connectivity index (χ3n) is 3.25. The van der Waals surface area contributed by atoms with E-state index in [-0.39, 0.29) is 12.5 Å². The molecule has 0 aromatic heterocycles. The minimum atomic E-state index is -0.838. The van der Waals surface area contributed by atoms with Gasteiger partial charge in [0.05, 0.1) is 6.42 Å². The maximum atomic E-state index is 10.6. The Kier molecular flexibility index (Phi) is 5.10. The topological polar surface area (TPSA) is 66.6 Å². The number of nitrogens with two attached hydrogens (primary N) is 1. The Bertz CT molecular complexity index is 416. The van der Waals surface area contributed by atoms with Gasteiger partial charge in [0, 0.05) is 36.3 Å². The molecule has 0 aliphatic carbocycles. The number of benzene rings is 1. The second kappa shape index (κ2) is 6.82. The fourth-order valence-electron chi connectivity index (χ4n) is 2.26. The van der Waals surface area contributed by atoms with E-state index in [1.165, 1.54) is 17.2 Å². The van der Waals surface area contributed by atoms with Crippen LogP contribution in [0.3, 0.4) is 0 Å². The molecule has 0 bridgehead atoms. The molecule has 1 fully saturated rings. The molecular formula is C14H20N2O2S. The predicted molar refractivity (Wildman–Crippen MR) is 79.9 cm³/mol. The third kappa shape index (κ3) is 4.44. The summed E-state index contributed by atoms with van der Waals surface area (Å²) in [5.74, 6) is 1.53. The van der Waals surface area contributed by atoms with E-state index in [0.717, 1.165) is 18.7 Å². The Morgan fingerprint density at radius 3 is 2.53 bits per heavy atom. The predicted octanol–water partition coefficient (Wildman–Crippen LogP) is 1.58. The quantitative estimate of drug-likeness (QED) is 0.857. The first-order chi connectivity index (χ1) is 9.15. The normalized spacial score (nSPS) is 17.2. The smallest absolute Gasteiger partial charge is 0.304 e. The summed E-state index contributed by atoms with van der Waals surface area (Å²) in [6, 6.07) is 8.02. The van der Waals surface area contributed by atoms with Crippen LogP contribution < -0.4 is 10.6 Å². The summed E-state index contributed by atoms with van der Waals surface area (Å²) >= 11 is 2.00. The molecule has 5 heteroatoms. The molecule has 1 aliphatic rings. The summed E-state index contributed by atoms with van der Waals surface area (Å²) in [5, 5.41) is 8.69. The van der Waals surface area contributed by atoms with Gasteiger partial charge in [0.2, 0.25) is 0 Å². The molecule has 104 valence electrons. The van der Waals surface area contributed by atoms with Crippen molar-refractivity contribution in [2.45, 2.75) is 18.9 Å². The highest BCUT2D eigenvalue weighted by molar-refractivity contribution is 7.99. The van der Waals surface area contributed by atoms with Crippen molar-refractivity contribution in [2.24, 2.45) is 5.73 Å². The number of hydrogen-bond acceptors (Lipinski definition) is 4. The maximum absolute atomic E-state index is 10.6. The lowest BCUT2D eigenvalue weighted by Crippen LogP contribution is -2.32. The van der Waals surface area contributed by atoms with Crippen molar-refractivity contribution in [2.75, 3.05) is 29.5 Å². The summed E-state index contributed by atoms with van der Waals surface area (Å²) in [6.45, 7) is 2.20. The molecule has 4 nitrogen and oxygen atoms in total. The van der Waals surface area contributed by atoms with Crippen LogP contribution in [0.2, 0.25) is 0 Å². The van der Waals surface area contributed by atoms with E-state index in [2.05, 4.69) is 29.2 Å². The fraction of sp³-hybridized carbons (Fsp3) is 0.500. The molecule has 1 aromatic rings. The number of carbonyl (C=O) groups is 1. The number of carboxylic acid groups (broad SMARTS) is 1. The van der Waals surface area contributed by atoms with Crippen molar-refractivity contribution in [3.8, 4) is 0 Å². The van der Waals surface area contributed by atoms with Crippen LogP contribution in [0.4, 0.5) is 5.69 Å². The fourth-order valence-corrected chi connectivity index (χ4v) is 3.17. The van der Waals surface area contributed by atoms with E-state index in [4.69, 9.17) is 10.8 Å². The number of rotatable bonds is 5. The minimum absolute atomic E-state index is 0.0189. The van der Waals surface area contributed by atoms with E-state index in [1.807, 2.05) is 11.8 Å². The van der Waals surface area contributed by atoms with Gasteiger partial charge in [-0.25, -0.2) is 0 Å². The van der Waals surface area contributed by atoms with Gasteiger partial charge in [0.25, 0.3) is 0 Å². The second-order valence-electron chi connectivity index (χ2n) is 4.83. The number of anilines is 1.